The average Bonchev–Trinajstić information content (AvgIpc) is 3.53. The van der Waals surface area contributed by atoms with E-state index < -0.39 is 0 Å². The van der Waals surface area contributed by atoms with Crippen molar-refractivity contribution in [2.24, 2.45) is 0 Å². The van der Waals surface area contributed by atoms with Crippen molar-refractivity contribution in [1.82, 2.24) is 4.57 Å². The Balaban J connectivity index is 1.43. The van der Waals surface area contributed by atoms with Gasteiger partial charge in [-0.05, 0) is 58.7 Å². The maximum absolute atomic E-state index is 6.62. The van der Waals surface area contributed by atoms with Gasteiger partial charge in [-0.15, -0.1) is 0 Å². The van der Waals surface area contributed by atoms with Gasteiger partial charge in [0, 0.05) is 22.6 Å². The van der Waals surface area contributed by atoms with Crippen LogP contribution in [0.3, 0.4) is 0 Å². The number of fused-ring (bicyclic) bond motifs is 7. The molecule has 1 aromatic heterocycles. The molecule has 0 amide bonds. The Morgan fingerprint density at radius 1 is 0.553 bits per heavy atom. The molecule has 180 valence electrons. The molecule has 1 aliphatic carbocycles. The van der Waals surface area contributed by atoms with Crippen molar-refractivity contribution in [3.63, 3.8) is 0 Å². The molecule has 0 bridgehead atoms. The van der Waals surface area contributed by atoms with E-state index in [1.807, 2.05) is 0 Å². The van der Waals surface area contributed by atoms with E-state index in [9.17, 15) is 0 Å². The first-order valence-electron chi connectivity index (χ1n) is 13.2. The van der Waals surface area contributed by atoms with E-state index in [-0.39, 0.29) is 12.0 Å². The van der Waals surface area contributed by atoms with Crippen LogP contribution >= 0.6 is 0 Å². The fourth-order valence-electron chi connectivity index (χ4n) is 6.16. The molecule has 1 aliphatic heterocycles. The summed E-state index contributed by atoms with van der Waals surface area (Å²) in [7, 11) is 0. The lowest BCUT2D eigenvalue weighted by Crippen LogP contribution is -2.15. The molecule has 0 saturated heterocycles. The SMILES string of the molecule is C1=CC2Oc3c(ccc4c3c3ccccc3n4-c3cc(-c4ccccc4)cc(-c4ccccc4)c3)C2C=C1. The van der Waals surface area contributed by atoms with Crippen LogP contribution in [0.15, 0.2) is 140 Å². The third-order valence-corrected chi connectivity index (χ3v) is 7.91. The number of nitrogens with zero attached hydrogens (tertiary/aromatic N) is 1. The summed E-state index contributed by atoms with van der Waals surface area (Å²) in [5.74, 6) is 1.29. The number of rotatable bonds is 3. The van der Waals surface area contributed by atoms with Crippen LogP contribution in [0, 0.1) is 0 Å². The van der Waals surface area contributed by atoms with Crippen molar-refractivity contribution < 1.29 is 4.74 Å². The molecule has 0 spiro atoms. The van der Waals surface area contributed by atoms with Crippen LogP contribution in [-0.2, 0) is 0 Å². The van der Waals surface area contributed by atoms with E-state index in [1.165, 1.54) is 49.6 Å². The second-order valence-electron chi connectivity index (χ2n) is 10.1. The first-order chi connectivity index (χ1) is 18.8. The van der Waals surface area contributed by atoms with E-state index in [4.69, 9.17) is 4.74 Å². The number of aromatic nitrogens is 1. The van der Waals surface area contributed by atoms with Crippen molar-refractivity contribution in [1.29, 1.82) is 0 Å². The van der Waals surface area contributed by atoms with Crippen LogP contribution < -0.4 is 4.74 Å². The standard InChI is InChI=1S/C36H25NO/c1-3-11-24(12-4-1)26-21-27(25-13-5-2-6-14-25)23-28(22-26)37-32-17-9-7-16-31(32)35-33(37)20-19-30-29-15-8-10-18-34(29)38-36(30)35/h1-23,29,34H. The summed E-state index contributed by atoms with van der Waals surface area (Å²) in [4.78, 5) is 0. The van der Waals surface area contributed by atoms with Crippen LogP contribution in [0.4, 0.5) is 0 Å². The summed E-state index contributed by atoms with van der Waals surface area (Å²) in [5.41, 5.74) is 9.59. The van der Waals surface area contributed by atoms with Gasteiger partial charge in [0.25, 0.3) is 0 Å². The molecule has 2 nitrogen and oxygen atoms in total. The number of allylic oxidation sites excluding steroid dienone is 2. The Labute approximate surface area is 221 Å². The number of hydrogen-bond acceptors (Lipinski definition) is 1. The summed E-state index contributed by atoms with van der Waals surface area (Å²) < 4.78 is 9.02. The Morgan fingerprint density at radius 2 is 1.21 bits per heavy atom. The van der Waals surface area contributed by atoms with Crippen LogP contribution in [0.1, 0.15) is 11.5 Å². The monoisotopic (exact) mass is 487 g/mol. The lowest BCUT2D eigenvalue weighted by atomic mass is 9.91. The van der Waals surface area contributed by atoms with Gasteiger partial charge in [0.05, 0.1) is 16.4 Å². The molecule has 6 aromatic rings. The van der Waals surface area contributed by atoms with Crippen molar-refractivity contribution >= 4 is 21.8 Å². The topological polar surface area (TPSA) is 14.2 Å². The predicted octanol–water partition coefficient (Wildman–Crippen LogP) is 9.09. The summed E-state index contributed by atoms with van der Waals surface area (Å²) in [6.45, 7) is 0. The summed E-state index contributed by atoms with van der Waals surface area (Å²) in [6.07, 6.45) is 8.72. The van der Waals surface area contributed by atoms with Crippen LogP contribution in [-0.4, -0.2) is 10.7 Å². The second-order valence-corrected chi connectivity index (χ2v) is 10.1. The van der Waals surface area contributed by atoms with E-state index in [2.05, 4.69) is 144 Å². The van der Waals surface area contributed by atoms with Gasteiger partial charge in [0.1, 0.15) is 11.9 Å². The molecule has 0 N–H and O–H groups in total. The Hall–Kier alpha value is -4.82. The summed E-state index contributed by atoms with van der Waals surface area (Å²) in [6, 6.07) is 41.5. The van der Waals surface area contributed by atoms with Crippen molar-refractivity contribution in [3.8, 4) is 33.7 Å². The van der Waals surface area contributed by atoms with Gasteiger partial charge in [-0.2, -0.15) is 0 Å². The highest BCUT2D eigenvalue weighted by Gasteiger charge is 2.34. The maximum Gasteiger partial charge on any atom is 0.134 e. The highest BCUT2D eigenvalue weighted by molar-refractivity contribution is 6.13. The molecule has 38 heavy (non-hydrogen) atoms. The van der Waals surface area contributed by atoms with Crippen molar-refractivity contribution in [3.05, 3.63) is 145 Å². The maximum atomic E-state index is 6.62. The lowest BCUT2D eigenvalue weighted by Gasteiger charge is -2.14. The fraction of sp³-hybridized carbons (Fsp3) is 0.0556. The number of para-hydroxylation sites is 1. The zero-order chi connectivity index (χ0) is 25.1. The molecule has 2 unspecified atom stereocenters. The Bertz CT molecular complexity index is 1840. The van der Waals surface area contributed by atoms with Crippen molar-refractivity contribution in [2.75, 3.05) is 0 Å². The molecule has 0 fully saturated rings. The highest BCUT2D eigenvalue weighted by atomic mass is 16.5. The third-order valence-electron chi connectivity index (χ3n) is 7.91. The van der Waals surface area contributed by atoms with Crippen LogP contribution in [0.2, 0.25) is 0 Å². The number of hydrogen-bond donors (Lipinski definition) is 0. The fourth-order valence-corrected chi connectivity index (χ4v) is 6.16. The first-order valence-corrected chi connectivity index (χ1v) is 13.2. The van der Waals surface area contributed by atoms with Gasteiger partial charge in [0.15, 0.2) is 0 Å². The first kappa shape index (κ1) is 21.3. The number of ether oxygens (including phenoxy) is 1. The molecular formula is C36H25NO. The molecule has 5 aromatic carbocycles. The van der Waals surface area contributed by atoms with Gasteiger partial charge in [0.2, 0.25) is 0 Å². The zero-order valence-corrected chi connectivity index (χ0v) is 20.8. The van der Waals surface area contributed by atoms with Gasteiger partial charge in [-0.25, -0.2) is 0 Å². The highest BCUT2D eigenvalue weighted by Crippen LogP contribution is 2.48. The molecule has 2 heteroatoms. The van der Waals surface area contributed by atoms with Crippen LogP contribution in [0.25, 0.3) is 49.7 Å². The zero-order valence-electron chi connectivity index (χ0n) is 20.8. The minimum atomic E-state index is 0.0637. The Kier molecular flexibility index (Phi) is 4.68. The van der Waals surface area contributed by atoms with Gasteiger partial charge < -0.3 is 9.30 Å². The largest absolute Gasteiger partial charge is 0.484 e. The smallest absolute Gasteiger partial charge is 0.134 e. The van der Waals surface area contributed by atoms with E-state index >= 15 is 0 Å². The van der Waals surface area contributed by atoms with Crippen LogP contribution in [0.5, 0.6) is 5.75 Å². The van der Waals surface area contributed by atoms with Gasteiger partial charge in [-0.1, -0.05) is 103 Å². The Morgan fingerprint density at radius 3 is 1.95 bits per heavy atom. The molecule has 0 radical (unpaired) electrons. The molecule has 2 aliphatic rings. The molecule has 2 heterocycles. The van der Waals surface area contributed by atoms with E-state index in [1.54, 1.807) is 0 Å². The molecule has 8 rings (SSSR count). The van der Waals surface area contributed by atoms with E-state index in [0.29, 0.717) is 0 Å². The lowest BCUT2D eigenvalue weighted by molar-refractivity contribution is 0.271. The second kappa shape index (κ2) is 8.36. The average molecular weight is 488 g/mol. The summed E-state index contributed by atoms with van der Waals surface area (Å²) >= 11 is 0. The third kappa shape index (κ3) is 3.20. The summed E-state index contributed by atoms with van der Waals surface area (Å²) in [5, 5.41) is 2.41. The minimum Gasteiger partial charge on any atom is -0.484 e. The minimum absolute atomic E-state index is 0.0637. The molecular weight excluding hydrogens is 462 g/mol. The normalized spacial score (nSPS) is 17.5. The number of benzene rings is 5. The predicted molar refractivity (Wildman–Crippen MR) is 157 cm³/mol. The molecule has 2 atom stereocenters. The van der Waals surface area contributed by atoms with Gasteiger partial charge >= 0.3 is 0 Å². The van der Waals surface area contributed by atoms with Crippen molar-refractivity contribution in [2.45, 2.75) is 12.0 Å². The molecule has 0 saturated carbocycles. The van der Waals surface area contributed by atoms with Gasteiger partial charge in [-0.3, -0.25) is 0 Å². The van der Waals surface area contributed by atoms with E-state index in [0.717, 1.165) is 11.4 Å². The quantitative estimate of drug-likeness (QED) is 0.243.